The Kier molecular flexibility index (Phi) is 2.73. The highest BCUT2D eigenvalue weighted by molar-refractivity contribution is 5.69. The molecule has 0 saturated carbocycles. The van der Waals surface area contributed by atoms with E-state index >= 15 is 0 Å². The zero-order valence-electron chi connectivity index (χ0n) is 11.6. The molecule has 2 aliphatic rings. The van der Waals surface area contributed by atoms with E-state index in [2.05, 4.69) is 27.2 Å². The number of hydrogen-bond donors (Lipinski definition) is 2. The quantitative estimate of drug-likeness (QED) is 0.829. The first-order valence-electron chi connectivity index (χ1n) is 7.28. The lowest BCUT2D eigenvalue weighted by Gasteiger charge is -2.37. The number of nitrogens with one attached hydrogen (secondary N) is 2. The molecule has 2 aromatic rings. The molecule has 5 nitrogen and oxygen atoms in total. The number of anilines is 1. The van der Waals surface area contributed by atoms with E-state index in [0.29, 0.717) is 12.0 Å². The second-order valence-corrected chi connectivity index (χ2v) is 5.70. The molecule has 0 amide bonds. The summed E-state index contributed by atoms with van der Waals surface area (Å²) >= 11 is 0. The maximum Gasteiger partial charge on any atom is 0.128 e. The smallest absolute Gasteiger partial charge is 0.128 e. The topological polar surface area (TPSA) is 54.8 Å². The van der Waals surface area contributed by atoms with Crippen LogP contribution in [-0.4, -0.2) is 34.4 Å². The van der Waals surface area contributed by atoms with E-state index in [1.165, 1.54) is 11.4 Å². The number of nitrogens with zero attached hydrogens (tertiary/aromatic N) is 3. The van der Waals surface area contributed by atoms with Crippen LogP contribution in [0.15, 0.2) is 24.5 Å². The van der Waals surface area contributed by atoms with Gasteiger partial charge in [0.2, 0.25) is 0 Å². The van der Waals surface area contributed by atoms with Crippen LogP contribution >= 0.6 is 0 Å². The molecule has 4 rings (SSSR count). The van der Waals surface area contributed by atoms with Crippen molar-refractivity contribution in [3.63, 3.8) is 0 Å². The molecule has 2 aliphatic heterocycles. The van der Waals surface area contributed by atoms with Crippen molar-refractivity contribution in [3.05, 3.63) is 30.1 Å². The summed E-state index contributed by atoms with van der Waals surface area (Å²) in [7, 11) is 0. The Bertz CT molecular complexity index is 619. The third kappa shape index (κ3) is 1.73. The van der Waals surface area contributed by atoms with Crippen molar-refractivity contribution in [2.24, 2.45) is 5.92 Å². The van der Waals surface area contributed by atoms with Gasteiger partial charge in [-0.1, -0.05) is 0 Å². The van der Waals surface area contributed by atoms with Gasteiger partial charge < -0.3 is 10.6 Å². The number of rotatable bonds is 1. The summed E-state index contributed by atoms with van der Waals surface area (Å²) in [5, 5.41) is 11.9. The molecule has 1 fully saturated rings. The van der Waals surface area contributed by atoms with Crippen LogP contribution in [0.4, 0.5) is 5.82 Å². The van der Waals surface area contributed by atoms with Crippen LogP contribution in [0.5, 0.6) is 0 Å². The summed E-state index contributed by atoms with van der Waals surface area (Å²) in [5.41, 5.74) is 3.47. The van der Waals surface area contributed by atoms with Gasteiger partial charge in [-0.15, -0.1) is 0 Å². The fourth-order valence-electron chi connectivity index (χ4n) is 3.42. The van der Waals surface area contributed by atoms with Crippen LogP contribution in [0, 0.1) is 12.8 Å². The minimum absolute atomic E-state index is 0.529. The number of fused-ring (bicyclic) bond motifs is 3. The van der Waals surface area contributed by atoms with Crippen molar-refractivity contribution in [2.75, 3.05) is 25.0 Å². The normalized spacial score (nSPS) is 24.6. The molecule has 1 saturated heterocycles. The first-order chi connectivity index (χ1) is 9.84. The molecule has 2 N–H and O–H groups in total. The van der Waals surface area contributed by atoms with Gasteiger partial charge in [-0.05, 0) is 32.0 Å². The predicted octanol–water partition coefficient (Wildman–Crippen LogP) is 1.83. The second kappa shape index (κ2) is 4.59. The molecular weight excluding hydrogens is 250 g/mol. The van der Waals surface area contributed by atoms with Crippen LogP contribution in [-0.2, 0) is 0 Å². The van der Waals surface area contributed by atoms with E-state index in [1.54, 1.807) is 0 Å². The van der Waals surface area contributed by atoms with E-state index in [1.807, 2.05) is 24.5 Å². The molecule has 0 radical (unpaired) electrons. The molecule has 0 spiro atoms. The predicted molar refractivity (Wildman–Crippen MR) is 78.7 cm³/mol. The van der Waals surface area contributed by atoms with Crippen molar-refractivity contribution in [3.8, 4) is 11.3 Å². The van der Waals surface area contributed by atoms with Gasteiger partial charge in [0.15, 0.2) is 0 Å². The van der Waals surface area contributed by atoms with E-state index in [4.69, 9.17) is 5.10 Å². The van der Waals surface area contributed by atoms with E-state index in [0.717, 1.165) is 37.3 Å². The van der Waals surface area contributed by atoms with Crippen LogP contribution in [0.25, 0.3) is 11.3 Å². The summed E-state index contributed by atoms with van der Waals surface area (Å²) in [4.78, 5) is 4.09. The molecule has 5 heteroatoms. The van der Waals surface area contributed by atoms with Crippen LogP contribution in [0.3, 0.4) is 0 Å². The minimum Gasteiger partial charge on any atom is -0.370 e. The summed E-state index contributed by atoms with van der Waals surface area (Å²) < 4.78 is 2.22. The number of pyridine rings is 1. The Morgan fingerprint density at radius 1 is 1.25 bits per heavy atom. The maximum atomic E-state index is 4.90. The summed E-state index contributed by atoms with van der Waals surface area (Å²) in [6, 6.07) is 4.59. The van der Waals surface area contributed by atoms with Crippen molar-refractivity contribution in [2.45, 2.75) is 19.4 Å². The lowest BCUT2D eigenvalue weighted by atomic mass is 9.92. The van der Waals surface area contributed by atoms with Gasteiger partial charge in [-0.2, -0.15) is 5.10 Å². The molecule has 2 atom stereocenters. The van der Waals surface area contributed by atoms with Gasteiger partial charge in [-0.3, -0.25) is 4.98 Å². The average Bonchev–Trinajstić information content (AvgIpc) is 2.86. The van der Waals surface area contributed by atoms with Gasteiger partial charge in [0.25, 0.3) is 0 Å². The number of hydrogen-bond acceptors (Lipinski definition) is 4. The average molecular weight is 269 g/mol. The highest BCUT2D eigenvalue weighted by atomic mass is 15.4. The molecular formula is C15H19N5. The van der Waals surface area contributed by atoms with E-state index < -0.39 is 0 Å². The van der Waals surface area contributed by atoms with Gasteiger partial charge in [0.05, 0.1) is 11.7 Å². The Morgan fingerprint density at radius 3 is 2.95 bits per heavy atom. The summed E-state index contributed by atoms with van der Waals surface area (Å²) in [5.74, 6) is 1.83. The lowest BCUT2D eigenvalue weighted by Crippen LogP contribution is -2.44. The Balaban J connectivity index is 1.80. The van der Waals surface area contributed by atoms with Crippen molar-refractivity contribution in [1.82, 2.24) is 20.1 Å². The molecule has 4 heterocycles. The maximum absolute atomic E-state index is 4.90. The molecule has 2 aromatic heterocycles. The fraction of sp³-hybridized carbons (Fsp3) is 0.467. The Labute approximate surface area is 118 Å². The van der Waals surface area contributed by atoms with Crippen LogP contribution in [0.1, 0.15) is 18.0 Å². The van der Waals surface area contributed by atoms with Crippen molar-refractivity contribution < 1.29 is 0 Å². The first-order valence-corrected chi connectivity index (χ1v) is 7.28. The van der Waals surface area contributed by atoms with Crippen molar-refractivity contribution in [1.29, 1.82) is 0 Å². The highest BCUT2D eigenvalue weighted by Crippen LogP contribution is 2.37. The van der Waals surface area contributed by atoms with Crippen LogP contribution < -0.4 is 10.6 Å². The monoisotopic (exact) mass is 269 g/mol. The zero-order valence-corrected chi connectivity index (χ0v) is 11.6. The Morgan fingerprint density at radius 2 is 2.10 bits per heavy atom. The third-order valence-corrected chi connectivity index (χ3v) is 4.51. The van der Waals surface area contributed by atoms with Gasteiger partial charge in [-0.25, -0.2) is 4.68 Å². The number of aromatic nitrogens is 3. The van der Waals surface area contributed by atoms with Gasteiger partial charge in [0.1, 0.15) is 5.82 Å². The highest BCUT2D eigenvalue weighted by Gasteiger charge is 2.34. The molecule has 0 aliphatic carbocycles. The fourth-order valence-corrected chi connectivity index (χ4v) is 3.42. The summed E-state index contributed by atoms with van der Waals surface area (Å²) in [6.07, 6.45) is 4.82. The lowest BCUT2D eigenvalue weighted by molar-refractivity contribution is 0.238. The largest absolute Gasteiger partial charge is 0.370 e. The number of piperidine rings is 1. The van der Waals surface area contributed by atoms with Gasteiger partial charge in [0, 0.05) is 42.5 Å². The Hall–Kier alpha value is -1.88. The standard InChI is InChI=1S/C15H19N5/c1-10-14(11-2-5-16-6-3-11)19-20-13-4-7-17-8-12(13)9-18-15(10)20/h2-3,5-6,12-13,17-18H,4,7-9H2,1H3. The zero-order chi connectivity index (χ0) is 13.5. The molecule has 2 unspecified atom stereocenters. The third-order valence-electron chi connectivity index (χ3n) is 4.51. The molecule has 0 bridgehead atoms. The van der Waals surface area contributed by atoms with Crippen molar-refractivity contribution >= 4 is 5.82 Å². The molecule has 104 valence electrons. The summed E-state index contributed by atoms with van der Waals surface area (Å²) in [6.45, 7) is 5.37. The minimum atomic E-state index is 0.529. The van der Waals surface area contributed by atoms with E-state index in [-0.39, 0.29) is 0 Å². The SMILES string of the molecule is Cc1c(-c2ccncc2)nn2c1NCC1CNCCC12. The molecule has 20 heavy (non-hydrogen) atoms. The second-order valence-electron chi connectivity index (χ2n) is 5.70. The first kappa shape index (κ1) is 11.9. The van der Waals surface area contributed by atoms with Crippen LogP contribution in [0.2, 0.25) is 0 Å². The molecule has 0 aromatic carbocycles. The van der Waals surface area contributed by atoms with E-state index in [9.17, 15) is 0 Å². The van der Waals surface area contributed by atoms with Gasteiger partial charge >= 0.3 is 0 Å².